The van der Waals surface area contributed by atoms with Crippen LogP contribution in [-0.2, 0) is 11.3 Å². The maximum atomic E-state index is 12.0. The molecule has 18 heavy (non-hydrogen) atoms. The summed E-state index contributed by atoms with van der Waals surface area (Å²) in [4.78, 5) is 20.1. The Kier molecular flexibility index (Phi) is 3.72. The van der Waals surface area contributed by atoms with Crippen LogP contribution in [0.5, 0.6) is 0 Å². The summed E-state index contributed by atoms with van der Waals surface area (Å²) < 4.78 is 1.85. The molecule has 0 saturated carbocycles. The summed E-state index contributed by atoms with van der Waals surface area (Å²) in [7, 11) is 0. The number of nitrogens with zero attached hydrogens (tertiary/aromatic N) is 3. The van der Waals surface area contributed by atoms with Crippen molar-refractivity contribution in [2.75, 3.05) is 0 Å². The summed E-state index contributed by atoms with van der Waals surface area (Å²) in [6.45, 7) is 4.23. The van der Waals surface area contributed by atoms with Crippen LogP contribution in [0.3, 0.4) is 0 Å². The first-order chi connectivity index (χ1) is 8.68. The molecule has 1 unspecified atom stereocenters. The molecule has 94 valence electrons. The number of carbonyl (C=O) groups excluding carboxylic acids is 1. The van der Waals surface area contributed by atoms with Crippen LogP contribution in [0.4, 0.5) is 0 Å². The lowest BCUT2D eigenvalue weighted by Gasteiger charge is -2.14. The number of hydrogen-bond donors (Lipinski definition) is 1. The summed E-state index contributed by atoms with van der Waals surface area (Å²) in [5.41, 5.74) is 0.986. The lowest BCUT2D eigenvalue weighted by Crippen LogP contribution is -2.30. The highest BCUT2D eigenvalue weighted by molar-refractivity contribution is 5.79. The normalized spacial score (nSPS) is 12.1. The molecule has 2 heterocycles. The zero-order valence-corrected chi connectivity index (χ0v) is 10.5. The Morgan fingerprint density at radius 3 is 2.94 bits per heavy atom. The van der Waals surface area contributed by atoms with Gasteiger partial charge in [0.15, 0.2) is 0 Å². The van der Waals surface area contributed by atoms with Gasteiger partial charge in [-0.2, -0.15) is 0 Å². The Morgan fingerprint density at radius 2 is 2.33 bits per heavy atom. The Hall–Kier alpha value is -2.17. The van der Waals surface area contributed by atoms with Gasteiger partial charge in [0.2, 0.25) is 5.91 Å². The first-order valence-corrected chi connectivity index (χ1v) is 5.84. The van der Waals surface area contributed by atoms with E-state index in [1.165, 1.54) is 0 Å². The number of aromatic nitrogens is 3. The van der Waals surface area contributed by atoms with Gasteiger partial charge >= 0.3 is 0 Å². The van der Waals surface area contributed by atoms with Gasteiger partial charge in [0.05, 0.1) is 0 Å². The second-order valence-corrected chi connectivity index (χ2v) is 4.14. The molecule has 0 aliphatic rings. The van der Waals surface area contributed by atoms with Crippen LogP contribution in [0.15, 0.2) is 36.9 Å². The number of aryl methyl sites for hydroxylation is 1. The van der Waals surface area contributed by atoms with Gasteiger partial charge in [-0.25, -0.2) is 4.98 Å². The molecule has 1 N–H and O–H groups in total. The van der Waals surface area contributed by atoms with Crippen molar-refractivity contribution in [1.82, 2.24) is 19.9 Å². The van der Waals surface area contributed by atoms with E-state index in [0.29, 0.717) is 6.54 Å². The molecule has 0 spiro atoms. The lowest BCUT2D eigenvalue weighted by atomic mass is 10.2. The van der Waals surface area contributed by atoms with Crippen molar-refractivity contribution in [1.29, 1.82) is 0 Å². The average molecular weight is 244 g/mol. The van der Waals surface area contributed by atoms with Gasteiger partial charge in [-0.15, -0.1) is 0 Å². The van der Waals surface area contributed by atoms with Gasteiger partial charge in [-0.3, -0.25) is 9.78 Å². The zero-order valence-electron chi connectivity index (χ0n) is 10.5. The summed E-state index contributed by atoms with van der Waals surface area (Å²) in [5.74, 6) is 0.805. The van der Waals surface area contributed by atoms with E-state index in [0.717, 1.165) is 11.4 Å². The topological polar surface area (TPSA) is 59.8 Å². The van der Waals surface area contributed by atoms with Crippen LogP contribution in [0.2, 0.25) is 0 Å². The molecule has 2 rings (SSSR count). The molecule has 0 bridgehead atoms. The van der Waals surface area contributed by atoms with Crippen molar-refractivity contribution in [2.24, 2.45) is 0 Å². The monoisotopic (exact) mass is 244 g/mol. The average Bonchev–Trinajstić information content (AvgIpc) is 2.82. The van der Waals surface area contributed by atoms with Crippen molar-refractivity contribution >= 4 is 5.91 Å². The van der Waals surface area contributed by atoms with Crippen molar-refractivity contribution in [3.8, 4) is 0 Å². The predicted octanol–water partition coefficient (Wildman–Crippen LogP) is 1.46. The van der Waals surface area contributed by atoms with E-state index < -0.39 is 0 Å². The minimum absolute atomic E-state index is 0.0278. The number of amides is 1. The largest absolute Gasteiger partial charge is 0.350 e. The minimum Gasteiger partial charge on any atom is -0.350 e. The molecule has 2 aromatic rings. The molecule has 5 heteroatoms. The SMILES string of the molecule is Cc1nccn1C(C)C(=O)NCc1cccnc1. The zero-order chi connectivity index (χ0) is 13.0. The van der Waals surface area contributed by atoms with Crippen LogP contribution in [0, 0.1) is 6.92 Å². The molecule has 0 aliphatic carbocycles. The number of nitrogens with one attached hydrogen (secondary N) is 1. The van der Waals surface area contributed by atoms with Crippen molar-refractivity contribution < 1.29 is 4.79 Å². The maximum absolute atomic E-state index is 12.0. The fourth-order valence-electron chi connectivity index (χ4n) is 1.76. The second-order valence-electron chi connectivity index (χ2n) is 4.14. The molecule has 5 nitrogen and oxygen atoms in total. The first kappa shape index (κ1) is 12.3. The van der Waals surface area contributed by atoms with E-state index in [1.807, 2.05) is 36.7 Å². The van der Waals surface area contributed by atoms with Gasteiger partial charge in [-0.05, 0) is 25.5 Å². The molecule has 0 aromatic carbocycles. The van der Waals surface area contributed by atoms with Crippen LogP contribution in [0.25, 0.3) is 0 Å². The highest BCUT2D eigenvalue weighted by atomic mass is 16.2. The third kappa shape index (κ3) is 2.74. The summed E-state index contributed by atoms with van der Waals surface area (Å²) in [6, 6.07) is 3.52. The Labute approximate surface area is 106 Å². The highest BCUT2D eigenvalue weighted by Crippen LogP contribution is 2.08. The minimum atomic E-state index is -0.260. The van der Waals surface area contributed by atoms with Crippen LogP contribution in [0.1, 0.15) is 24.4 Å². The van der Waals surface area contributed by atoms with Crippen LogP contribution < -0.4 is 5.32 Å². The summed E-state index contributed by atoms with van der Waals surface area (Å²) in [5, 5.41) is 2.89. The van der Waals surface area contributed by atoms with Gasteiger partial charge in [0, 0.05) is 31.3 Å². The van der Waals surface area contributed by atoms with E-state index in [-0.39, 0.29) is 11.9 Å². The van der Waals surface area contributed by atoms with Crippen molar-refractivity contribution in [3.05, 3.63) is 48.3 Å². The summed E-state index contributed by atoms with van der Waals surface area (Å²) in [6.07, 6.45) is 6.96. The van der Waals surface area contributed by atoms with E-state index in [4.69, 9.17) is 0 Å². The van der Waals surface area contributed by atoms with E-state index in [2.05, 4.69) is 15.3 Å². The Balaban J connectivity index is 1.95. The smallest absolute Gasteiger partial charge is 0.243 e. The van der Waals surface area contributed by atoms with Crippen molar-refractivity contribution in [2.45, 2.75) is 26.4 Å². The number of imidazole rings is 1. The maximum Gasteiger partial charge on any atom is 0.243 e. The van der Waals surface area contributed by atoms with E-state index in [1.54, 1.807) is 18.6 Å². The number of pyridine rings is 1. The summed E-state index contributed by atoms with van der Waals surface area (Å²) >= 11 is 0. The van der Waals surface area contributed by atoms with Gasteiger partial charge in [0.25, 0.3) is 0 Å². The standard InChI is InChI=1S/C13H16N4O/c1-10(17-7-6-15-11(17)2)13(18)16-9-12-4-3-5-14-8-12/h3-8,10H,9H2,1-2H3,(H,16,18). The molecule has 0 saturated heterocycles. The number of carbonyl (C=O) groups is 1. The molecular weight excluding hydrogens is 228 g/mol. The molecule has 0 fully saturated rings. The molecule has 0 aliphatic heterocycles. The lowest BCUT2D eigenvalue weighted by molar-refractivity contribution is -0.124. The fourth-order valence-corrected chi connectivity index (χ4v) is 1.76. The van der Waals surface area contributed by atoms with Gasteiger partial charge in [-0.1, -0.05) is 6.07 Å². The van der Waals surface area contributed by atoms with E-state index >= 15 is 0 Å². The van der Waals surface area contributed by atoms with Crippen LogP contribution in [-0.4, -0.2) is 20.4 Å². The quantitative estimate of drug-likeness (QED) is 0.885. The van der Waals surface area contributed by atoms with E-state index in [9.17, 15) is 4.79 Å². The highest BCUT2D eigenvalue weighted by Gasteiger charge is 2.15. The molecule has 1 atom stereocenters. The molecular formula is C13H16N4O. The third-order valence-electron chi connectivity index (χ3n) is 2.85. The third-order valence-corrected chi connectivity index (χ3v) is 2.85. The Morgan fingerprint density at radius 1 is 1.50 bits per heavy atom. The fraction of sp³-hybridized carbons (Fsp3) is 0.308. The molecule has 2 aromatic heterocycles. The Bertz CT molecular complexity index is 521. The molecule has 0 radical (unpaired) electrons. The van der Waals surface area contributed by atoms with Gasteiger partial charge in [0.1, 0.15) is 11.9 Å². The first-order valence-electron chi connectivity index (χ1n) is 5.84. The number of rotatable bonds is 4. The van der Waals surface area contributed by atoms with Gasteiger partial charge < -0.3 is 9.88 Å². The van der Waals surface area contributed by atoms with Crippen molar-refractivity contribution in [3.63, 3.8) is 0 Å². The predicted molar refractivity (Wildman–Crippen MR) is 67.8 cm³/mol. The number of hydrogen-bond acceptors (Lipinski definition) is 3. The molecule has 1 amide bonds. The van der Waals surface area contributed by atoms with Crippen LogP contribution >= 0.6 is 0 Å². The second kappa shape index (κ2) is 5.44.